The van der Waals surface area contributed by atoms with Crippen molar-refractivity contribution in [3.63, 3.8) is 0 Å². The molecule has 0 saturated heterocycles. The van der Waals surface area contributed by atoms with Gasteiger partial charge in [0, 0.05) is 5.56 Å². The fourth-order valence-electron chi connectivity index (χ4n) is 2.36. The van der Waals surface area contributed by atoms with Crippen molar-refractivity contribution in [2.24, 2.45) is 5.16 Å². The lowest BCUT2D eigenvalue weighted by Crippen LogP contribution is -2.23. The highest BCUT2D eigenvalue weighted by Gasteiger charge is 2.15. The van der Waals surface area contributed by atoms with E-state index in [1.165, 1.54) is 6.07 Å². The fourth-order valence-corrected chi connectivity index (χ4v) is 2.76. The number of carbonyl (C=O) groups excluding carboxylic acids is 2. The van der Waals surface area contributed by atoms with E-state index in [1.807, 2.05) is 0 Å². The molecule has 1 aliphatic heterocycles. The maximum absolute atomic E-state index is 11.9. The molecule has 0 fully saturated rings. The van der Waals surface area contributed by atoms with Gasteiger partial charge < -0.3 is 24.4 Å². The first kappa shape index (κ1) is 21.7. The number of aromatic nitrogens is 1. The van der Waals surface area contributed by atoms with E-state index in [0.717, 1.165) is 5.56 Å². The van der Waals surface area contributed by atoms with Crippen LogP contribution in [0.3, 0.4) is 0 Å². The molecule has 0 radical (unpaired) electrons. The van der Waals surface area contributed by atoms with Gasteiger partial charge in [-0.1, -0.05) is 28.4 Å². The van der Waals surface area contributed by atoms with Crippen LogP contribution in [0.25, 0.3) is 0 Å². The fraction of sp³-hybridized carbons (Fsp3) is 0.263. The molecule has 0 saturated carbocycles. The SMILES string of the molecule is CC(=NOCC(=O)OCC(=O)Nc1nc(C)c(Cl)cc1Cl)c1ccc2c(c1)OCO2. The predicted octanol–water partition coefficient (Wildman–Crippen LogP) is 3.35. The summed E-state index contributed by atoms with van der Waals surface area (Å²) in [6.07, 6.45) is 0. The quantitative estimate of drug-likeness (QED) is 0.388. The van der Waals surface area contributed by atoms with E-state index >= 15 is 0 Å². The Bertz CT molecular complexity index is 1010. The number of pyridine rings is 1. The summed E-state index contributed by atoms with van der Waals surface area (Å²) in [5.74, 6) is 0.00979. The third-order valence-electron chi connectivity index (χ3n) is 3.90. The van der Waals surface area contributed by atoms with Crippen LogP contribution in [0.2, 0.25) is 10.0 Å². The lowest BCUT2D eigenvalue weighted by Gasteiger charge is -2.09. The highest BCUT2D eigenvalue weighted by molar-refractivity contribution is 6.36. The first-order valence-corrected chi connectivity index (χ1v) is 9.44. The zero-order valence-corrected chi connectivity index (χ0v) is 17.5. The predicted molar refractivity (Wildman–Crippen MR) is 109 cm³/mol. The number of esters is 1. The van der Waals surface area contributed by atoms with E-state index in [9.17, 15) is 9.59 Å². The molecule has 1 N–H and O–H groups in total. The Labute approximate surface area is 181 Å². The number of hydrogen-bond acceptors (Lipinski definition) is 8. The molecule has 0 aliphatic carbocycles. The number of carbonyl (C=O) groups is 2. The molecule has 0 atom stereocenters. The number of oxime groups is 1. The number of nitrogens with one attached hydrogen (secondary N) is 1. The van der Waals surface area contributed by atoms with Gasteiger partial charge in [0.1, 0.15) is 0 Å². The van der Waals surface area contributed by atoms with Gasteiger partial charge in [-0.15, -0.1) is 0 Å². The lowest BCUT2D eigenvalue weighted by molar-refractivity contribution is -0.151. The molecule has 0 unspecified atom stereocenters. The molecule has 1 aromatic heterocycles. The van der Waals surface area contributed by atoms with Gasteiger partial charge in [-0.05, 0) is 38.1 Å². The third-order valence-corrected chi connectivity index (χ3v) is 4.57. The molecule has 1 amide bonds. The van der Waals surface area contributed by atoms with Crippen LogP contribution in [-0.2, 0) is 19.2 Å². The third kappa shape index (κ3) is 5.52. The van der Waals surface area contributed by atoms with Gasteiger partial charge in [-0.25, -0.2) is 9.78 Å². The minimum atomic E-state index is -0.765. The Morgan fingerprint density at radius 1 is 1.17 bits per heavy atom. The van der Waals surface area contributed by atoms with Crippen molar-refractivity contribution in [1.82, 2.24) is 4.98 Å². The Hall–Kier alpha value is -3.04. The summed E-state index contributed by atoms with van der Waals surface area (Å²) < 4.78 is 15.4. The monoisotopic (exact) mass is 453 g/mol. The van der Waals surface area contributed by atoms with E-state index < -0.39 is 25.1 Å². The number of halogens is 2. The first-order valence-electron chi connectivity index (χ1n) is 8.68. The molecule has 11 heteroatoms. The van der Waals surface area contributed by atoms with Crippen molar-refractivity contribution >= 4 is 46.6 Å². The van der Waals surface area contributed by atoms with Gasteiger partial charge in [0.2, 0.25) is 13.4 Å². The highest BCUT2D eigenvalue weighted by atomic mass is 35.5. The number of anilines is 1. The lowest BCUT2D eigenvalue weighted by atomic mass is 10.1. The van der Waals surface area contributed by atoms with Crippen LogP contribution in [0.4, 0.5) is 5.82 Å². The molecule has 1 aliphatic rings. The van der Waals surface area contributed by atoms with Gasteiger partial charge in [-0.2, -0.15) is 0 Å². The standard InChI is InChI=1S/C19H17Cl2N3O6/c1-10(12-3-4-15-16(5-12)29-9-28-15)24-30-8-18(26)27-7-17(25)23-19-14(21)6-13(20)11(2)22-19/h3-6H,7-9H2,1-2H3,(H,22,23,25). The van der Waals surface area contributed by atoms with Crippen LogP contribution in [0.1, 0.15) is 18.2 Å². The highest BCUT2D eigenvalue weighted by Crippen LogP contribution is 2.32. The molecule has 0 spiro atoms. The summed E-state index contributed by atoms with van der Waals surface area (Å²) in [4.78, 5) is 32.7. The van der Waals surface area contributed by atoms with Crippen LogP contribution < -0.4 is 14.8 Å². The maximum Gasteiger partial charge on any atom is 0.347 e. The molecule has 2 aromatic rings. The second-order valence-corrected chi connectivity index (χ2v) is 6.93. The Morgan fingerprint density at radius 3 is 2.73 bits per heavy atom. The van der Waals surface area contributed by atoms with Gasteiger partial charge in [0.15, 0.2) is 23.9 Å². The van der Waals surface area contributed by atoms with Crippen molar-refractivity contribution in [3.05, 3.63) is 45.6 Å². The molecule has 9 nitrogen and oxygen atoms in total. The normalized spacial score (nSPS) is 12.5. The molecule has 158 valence electrons. The number of ether oxygens (including phenoxy) is 3. The van der Waals surface area contributed by atoms with Crippen molar-refractivity contribution in [2.45, 2.75) is 13.8 Å². The van der Waals surface area contributed by atoms with E-state index in [-0.39, 0.29) is 17.6 Å². The minimum Gasteiger partial charge on any atom is -0.454 e. The van der Waals surface area contributed by atoms with E-state index in [2.05, 4.69) is 15.5 Å². The van der Waals surface area contributed by atoms with Gasteiger partial charge in [0.05, 0.1) is 21.5 Å². The summed E-state index contributed by atoms with van der Waals surface area (Å²) in [7, 11) is 0. The average Bonchev–Trinajstić information content (AvgIpc) is 3.18. The van der Waals surface area contributed by atoms with Crippen molar-refractivity contribution in [1.29, 1.82) is 0 Å². The number of aryl methyl sites for hydroxylation is 1. The molecular formula is C19H17Cl2N3O6. The summed E-state index contributed by atoms with van der Waals surface area (Å²) in [5.41, 5.74) is 1.77. The van der Waals surface area contributed by atoms with Crippen molar-refractivity contribution in [2.75, 3.05) is 25.3 Å². The topological polar surface area (TPSA) is 108 Å². The smallest absolute Gasteiger partial charge is 0.347 e. The Kier molecular flexibility index (Phi) is 6.96. The van der Waals surface area contributed by atoms with Crippen LogP contribution >= 0.6 is 23.2 Å². The van der Waals surface area contributed by atoms with Gasteiger partial charge >= 0.3 is 5.97 Å². The minimum absolute atomic E-state index is 0.125. The van der Waals surface area contributed by atoms with Crippen LogP contribution in [0.5, 0.6) is 11.5 Å². The van der Waals surface area contributed by atoms with E-state index in [0.29, 0.717) is 27.9 Å². The zero-order chi connectivity index (χ0) is 21.7. The number of amides is 1. The molecule has 0 bridgehead atoms. The second kappa shape index (κ2) is 9.64. The van der Waals surface area contributed by atoms with Crippen molar-refractivity contribution in [3.8, 4) is 11.5 Å². The van der Waals surface area contributed by atoms with Gasteiger partial charge in [0.25, 0.3) is 5.91 Å². The van der Waals surface area contributed by atoms with E-state index in [4.69, 9.17) is 42.3 Å². The average molecular weight is 454 g/mol. The summed E-state index contributed by atoms with van der Waals surface area (Å²) in [6.45, 7) is 2.55. The summed E-state index contributed by atoms with van der Waals surface area (Å²) >= 11 is 11.9. The Morgan fingerprint density at radius 2 is 1.93 bits per heavy atom. The van der Waals surface area contributed by atoms with E-state index in [1.54, 1.807) is 32.0 Å². The Balaban J connectivity index is 1.44. The van der Waals surface area contributed by atoms with Crippen molar-refractivity contribution < 1.29 is 28.6 Å². The van der Waals surface area contributed by atoms with Crippen LogP contribution in [-0.4, -0.2) is 42.6 Å². The number of nitrogens with zero attached hydrogens (tertiary/aromatic N) is 2. The molecule has 30 heavy (non-hydrogen) atoms. The maximum atomic E-state index is 11.9. The largest absolute Gasteiger partial charge is 0.454 e. The number of fused-ring (bicyclic) bond motifs is 1. The number of benzene rings is 1. The summed E-state index contributed by atoms with van der Waals surface area (Å²) in [5, 5.41) is 6.85. The molecular weight excluding hydrogens is 437 g/mol. The first-order chi connectivity index (χ1) is 14.3. The zero-order valence-electron chi connectivity index (χ0n) is 16.0. The van der Waals surface area contributed by atoms with Crippen LogP contribution in [0, 0.1) is 6.92 Å². The van der Waals surface area contributed by atoms with Gasteiger partial charge in [-0.3, -0.25) is 4.79 Å². The number of hydrogen-bond donors (Lipinski definition) is 1. The molecule has 2 heterocycles. The summed E-state index contributed by atoms with van der Waals surface area (Å²) in [6, 6.07) is 6.76. The van der Waals surface area contributed by atoms with Crippen LogP contribution in [0.15, 0.2) is 29.4 Å². The molecule has 1 aromatic carbocycles. The number of rotatable bonds is 7. The molecule has 3 rings (SSSR count). The second-order valence-electron chi connectivity index (χ2n) is 6.11.